The lowest BCUT2D eigenvalue weighted by Gasteiger charge is -2.09. The van der Waals surface area contributed by atoms with E-state index in [2.05, 4.69) is 20.6 Å². The van der Waals surface area contributed by atoms with Crippen molar-refractivity contribution in [3.05, 3.63) is 77.6 Å². The SMILES string of the molecule is COc1ccc(CCNC(=O)c2ccnc(Nc3c(F)cccc3F)n2)cc1. The zero-order chi connectivity index (χ0) is 19.9. The standard InChI is InChI=1S/C20H18F2N4O2/c1-28-14-7-5-13(6-8-14)9-11-23-19(27)17-10-12-24-20(25-17)26-18-15(21)3-2-4-16(18)22/h2-8,10,12H,9,11H2,1H3,(H,23,27)(H,24,25,26). The Morgan fingerprint density at radius 3 is 2.46 bits per heavy atom. The summed E-state index contributed by atoms with van der Waals surface area (Å²) in [6.07, 6.45) is 1.97. The third-order valence-electron chi connectivity index (χ3n) is 3.95. The van der Waals surface area contributed by atoms with E-state index in [1.807, 2.05) is 24.3 Å². The zero-order valence-electron chi connectivity index (χ0n) is 15.1. The van der Waals surface area contributed by atoms with Crippen molar-refractivity contribution >= 4 is 17.5 Å². The van der Waals surface area contributed by atoms with Crippen LogP contribution in [0.1, 0.15) is 16.1 Å². The second kappa shape index (κ2) is 8.90. The number of anilines is 2. The molecule has 6 nitrogen and oxygen atoms in total. The Bertz CT molecular complexity index is 944. The van der Waals surface area contributed by atoms with Gasteiger partial charge >= 0.3 is 0 Å². The third-order valence-corrected chi connectivity index (χ3v) is 3.95. The maximum Gasteiger partial charge on any atom is 0.270 e. The van der Waals surface area contributed by atoms with E-state index in [0.717, 1.165) is 23.4 Å². The third kappa shape index (κ3) is 4.79. The highest BCUT2D eigenvalue weighted by atomic mass is 19.1. The average Bonchev–Trinajstić information content (AvgIpc) is 2.71. The predicted molar refractivity (Wildman–Crippen MR) is 101 cm³/mol. The highest BCUT2D eigenvalue weighted by molar-refractivity contribution is 5.92. The van der Waals surface area contributed by atoms with Crippen LogP contribution in [0.25, 0.3) is 0 Å². The first-order chi connectivity index (χ1) is 13.6. The molecule has 0 aliphatic carbocycles. The molecule has 3 rings (SSSR count). The molecule has 0 spiro atoms. The normalized spacial score (nSPS) is 10.4. The topological polar surface area (TPSA) is 76.1 Å². The number of carbonyl (C=O) groups is 1. The fourth-order valence-corrected chi connectivity index (χ4v) is 2.48. The molecule has 0 aliphatic heterocycles. The average molecular weight is 384 g/mol. The van der Waals surface area contributed by atoms with Crippen LogP contribution in [-0.4, -0.2) is 29.5 Å². The number of nitrogens with one attached hydrogen (secondary N) is 2. The number of halogens is 2. The highest BCUT2D eigenvalue weighted by Gasteiger charge is 2.12. The number of ether oxygens (including phenoxy) is 1. The molecule has 3 aromatic rings. The van der Waals surface area contributed by atoms with Crippen LogP contribution in [0.2, 0.25) is 0 Å². The molecule has 0 saturated carbocycles. The molecule has 0 radical (unpaired) electrons. The zero-order valence-corrected chi connectivity index (χ0v) is 15.1. The summed E-state index contributed by atoms with van der Waals surface area (Å²) in [7, 11) is 1.60. The van der Waals surface area contributed by atoms with Gasteiger partial charge in [0, 0.05) is 12.7 Å². The van der Waals surface area contributed by atoms with Gasteiger partial charge in [0.25, 0.3) is 5.91 Å². The second-order valence-electron chi connectivity index (χ2n) is 5.84. The second-order valence-corrected chi connectivity index (χ2v) is 5.84. The van der Waals surface area contributed by atoms with Crippen LogP contribution in [0.15, 0.2) is 54.7 Å². The molecule has 0 bridgehead atoms. The molecule has 0 unspecified atom stereocenters. The molecular formula is C20H18F2N4O2. The lowest BCUT2D eigenvalue weighted by Crippen LogP contribution is -2.26. The van der Waals surface area contributed by atoms with E-state index in [1.54, 1.807) is 7.11 Å². The predicted octanol–water partition coefficient (Wildman–Crippen LogP) is 3.48. The van der Waals surface area contributed by atoms with Crippen molar-refractivity contribution in [2.45, 2.75) is 6.42 Å². The lowest BCUT2D eigenvalue weighted by atomic mass is 10.1. The van der Waals surface area contributed by atoms with E-state index in [0.29, 0.717) is 13.0 Å². The molecular weight excluding hydrogens is 366 g/mol. The van der Waals surface area contributed by atoms with Gasteiger partial charge in [0.1, 0.15) is 28.8 Å². The molecule has 0 aliphatic rings. The Morgan fingerprint density at radius 2 is 1.79 bits per heavy atom. The van der Waals surface area contributed by atoms with Gasteiger partial charge in [-0.1, -0.05) is 18.2 Å². The molecule has 1 amide bonds. The molecule has 1 aromatic heterocycles. The van der Waals surface area contributed by atoms with Gasteiger partial charge < -0.3 is 15.4 Å². The molecule has 144 valence electrons. The number of para-hydroxylation sites is 1. The Balaban J connectivity index is 1.60. The molecule has 0 saturated heterocycles. The van der Waals surface area contributed by atoms with E-state index >= 15 is 0 Å². The van der Waals surface area contributed by atoms with Crippen LogP contribution in [-0.2, 0) is 6.42 Å². The van der Waals surface area contributed by atoms with Crippen molar-refractivity contribution in [2.24, 2.45) is 0 Å². The fraction of sp³-hybridized carbons (Fsp3) is 0.150. The van der Waals surface area contributed by atoms with Crippen LogP contribution in [0.5, 0.6) is 5.75 Å². The summed E-state index contributed by atoms with van der Waals surface area (Å²) in [5.41, 5.74) is 0.754. The van der Waals surface area contributed by atoms with Crippen molar-refractivity contribution in [1.82, 2.24) is 15.3 Å². The maximum atomic E-state index is 13.7. The summed E-state index contributed by atoms with van der Waals surface area (Å²) in [5.74, 6) is -1.28. The van der Waals surface area contributed by atoms with Crippen molar-refractivity contribution in [3.8, 4) is 5.75 Å². The van der Waals surface area contributed by atoms with Gasteiger partial charge in [-0.15, -0.1) is 0 Å². The number of hydrogen-bond acceptors (Lipinski definition) is 5. The number of rotatable bonds is 7. The summed E-state index contributed by atoms with van der Waals surface area (Å²) < 4.78 is 32.6. The number of methoxy groups -OCH3 is 1. The smallest absolute Gasteiger partial charge is 0.270 e. The monoisotopic (exact) mass is 384 g/mol. The first-order valence-corrected chi connectivity index (χ1v) is 8.52. The largest absolute Gasteiger partial charge is 0.497 e. The Hall–Kier alpha value is -3.55. The number of aromatic nitrogens is 2. The van der Waals surface area contributed by atoms with Gasteiger partial charge in [0.15, 0.2) is 0 Å². The van der Waals surface area contributed by atoms with Crippen LogP contribution >= 0.6 is 0 Å². The molecule has 1 heterocycles. The van der Waals surface area contributed by atoms with Crippen molar-refractivity contribution in [1.29, 1.82) is 0 Å². The number of hydrogen-bond donors (Lipinski definition) is 2. The van der Waals surface area contributed by atoms with Gasteiger partial charge in [0.2, 0.25) is 5.95 Å². The van der Waals surface area contributed by atoms with Gasteiger partial charge in [-0.3, -0.25) is 4.79 Å². The van der Waals surface area contributed by atoms with Gasteiger partial charge in [-0.05, 0) is 42.3 Å². The number of nitrogens with zero attached hydrogens (tertiary/aromatic N) is 2. The van der Waals surface area contributed by atoms with Gasteiger partial charge in [0.05, 0.1) is 7.11 Å². The summed E-state index contributed by atoms with van der Waals surface area (Å²) in [6, 6.07) is 12.4. The maximum absolute atomic E-state index is 13.7. The van der Waals surface area contributed by atoms with Gasteiger partial charge in [-0.25, -0.2) is 18.7 Å². The van der Waals surface area contributed by atoms with Crippen LogP contribution in [0.3, 0.4) is 0 Å². The van der Waals surface area contributed by atoms with Crippen LogP contribution < -0.4 is 15.4 Å². The molecule has 8 heteroatoms. The van der Waals surface area contributed by atoms with Crippen molar-refractivity contribution in [3.63, 3.8) is 0 Å². The van der Waals surface area contributed by atoms with E-state index in [1.165, 1.54) is 18.3 Å². The quantitative estimate of drug-likeness (QED) is 0.652. The highest BCUT2D eigenvalue weighted by Crippen LogP contribution is 2.21. The van der Waals surface area contributed by atoms with E-state index in [-0.39, 0.29) is 17.3 Å². The molecule has 2 N–H and O–H groups in total. The lowest BCUT2D eigenvalue weighted by molar-refractivity contribution is 0.0949. The molecule has 2 aromatic carbocycles. The number of benzene rings is 2. The number of carbonyl (C=O) groups excluding carboxylic acids is 1. The summed E-state index contributed by atoms with van der Waals surface area (Å²) in [4.78, 5) is 20.2. The Kier molecular flexibility index (Phi) is 6.11. The van der Waals surface area contributed by atoms with E-state index in [4.69, 9.17) is 4.74 Å². The minimum atomic E-state index is -0.780. The van der Waals surface area contributed by atoms with E-state index in [9.17, 15) is 13.6 Å². The van der Waals surface area contributed by atoms with Gasteiger partial charge in [-0.2, -0.15) is 0 Å². The first kappa shape index (κ1) is 19.2. The van der Waals surface area contributed by atoms with Crippen molar-refractivity contribution < 1.29 is 18.3 Å². The Morgan fingerprint density at radius 1 is 1.07 bits per heavy atom. The Labute approximate surface area is 160 Å². The molecule has 0 fully saturated rings. The minimum Gasteiger partial charge on any atom is -0.497 e. The molecule has 0 atom stereocenters. The van der Waals surface area contributed by atoms with Crippen LogP contribution in [0.4, 0.5) is 20.4 Å². The van der Waals surface area contributed by atoms with Crippen molar-refractivity contribution in [2.75, 3.05) is 19.0 Å². The fourth-order valence-electron chi connectivity index (χ4n) is 2.48. The summed E-state index contributed by atoms with van der Waals surface area (Å²) >= 11 is 0. The van der Waals surface area contributed by atoms with E-state index < -0.39 is 17.5 Å². The summed E-state index contributed by atoms with van der Waals surface area (Å²) in [6.45, 7) is 0.403. The minimum absolute atomic E-state index is 0.0770. The number of amides is 1. The summed E-state index contributed by atoms with van der Waals surface area (Å²) in [5, 5.41) is 5.22. The molecule has 28 heavy (non-hydrogen) atoms. The first-order valence-electron chi connectivity index (χ1n) is 8.52. The van der Waals surface area contributed by atoms with Crippen LogP contribution in [0, 0.1) is 11.6 Å².